The van der Waals surface area contributed by atoms with Crippen LogP contribution in [0.3, 0.4) is 0 Å². The average Bonchev–Trinajstić information content (AvgIpc) is 2.64. The second-order valence-electron chi connectivity index (χ2n) is 3.59. The molecule has 3 heterocycles. The average molecular weight is 358 g/mol. The first kappa shape index (κ1) is 9.93. The Morgan fingerprint density at radius 1 is 1.21 bits per heavy atom. The van der Waals surface area contributed by atoms with Gasteiger partial charge >= 0.3 is 0 Å². The Hall–Kier alpha value is 0.740. The van der Waals surface area contributed by atoms with Crippen molar-refractivity contribution in [2.45, 2.75) is 15.7 Å². The van der Waals surface area contributed by atoms with Crippen LogP contribution in [0, 0.1) is 5.92 Å². The van der Waals surface area contributed by atoms with E-state index in [-0.39, 0.29) is 21.7 Å². The van der Waals surface area contributed by atoms with E-state index in [1.165, 1.54) is 0 Å². The molecule has 14 heavy (non-hydrogen) atoms. The molecule has 0 spiro atoms. The first-order chi connectivity index (χ1) is 6.61. The van der Waals surface area contributed by atoms with Crippen LogP contribution in [-0.2, 0) is 21.6 Å². The molecule has 2 nitrogen and oxygen atoms in total. The van der Waals surface area contributed by atoms with Gasteiger partial charge in [0.25, 0.3) is 0 Å². The second-order valence-corrected chi connectivity index (χ2v) is 8.56. The lowest BCUT2D eigenvalue weighted by atomic mass is 9.94. The number of rotatable bonds is 0. The fourth-order valence-electron chi connectivity index (χ4n) is 2.37. The van der Waals surface area contributed by atoms with Crippen molar-refractivity contribution in [2.75, 3.05) is 0 Å². The molecule has 2 bridgehead atoms. The quantitative estimate of drug-likeness (QED) is 0.662. The summed E-state index contributed by atoms with van der Waals surface area (Å²) in [6.07, 6.45) is 1.97. The Kier molecular flexibility index (Phi) is 2.21. The van der Waals surface area contributed by atoms with Gasteiger partial charge in [0.05, 0.1) is 26.5 Å². The molecule has 1 saturated heterocycles. The van der Waals surface area contributed by atoms with Crippen LogP contribution in [-0.4, -0.2) is 24.2 Å². The van der Waals surface area contributed by atoms with Gasteiger partial charge in [0.1, 0.15) is 0 Å². The summed E-state index contributed by atoms with van der Waals surface area (Å²) in [5.74, 6) is 0.168. The normalized spacial score (nSPS) is 54.4. The zero-order chi connectivity index (χ0) is 10.0. The van der Waals surface area contributed by atoms with Crippen LogP contribution in [0.1, 0.15) is 0 Å². The molecule has 6 heteroatoms. The van der Waals surface area contributed by atoms with Crippen molar-refractivity contribution in [1.82, 2.24) is 0 Å². The molecule has 0 aromatic rings. The first-order valence-corrected chi connectivity index (χ1v) is 8.28. The van der Waals surface area contributed by atoms with Crippen LogP contribution in [0.25, 0.3) is 0 Å². The second kappa shape index (κ2) is 3.12. The molecule has 1 fully saturated rings. The van der Waals surface area contributed by atoms with Gasteiger partial charge in [-0.2, -0.15) is 0 Å². The molecular formula is C8H6Br2O2S2. The molecule has 0 radical (unpaired) electrons. The van der Waals surface area contributed by atoms with Crippen LogP contribution in [0.5, 0.6) is 0 Å². The summed E-state index contributed by atoms with van der Waals surface area (Å²) in [5, 5.41) is 1.80. The highest BCUT2D eigenvalue weighted by molar-refractivity contribution is 9.12. The number of halogens is 2. The summed E-state index contributed by atoms with van der Waals surface area (Å²) < 4.78 is 25.6. The summed E-state index contributed by atoms with van der Waals surface area (Å²) in [4.78, 5) is 0. The van der Waals surface area contributed by atoms with Crippen molar-refractivity contribution < 1.29 is 8.42 Å². The molecule has 3 aliphatic heterocycles. The van der Waals surface area contributed by atoms with E-state index in [4.69, 9.17) is 0 Å². The van der Waals surface area contributed by atoms with E-state index in [9.17, 15) is 8.42 Å². The van der Waals surface area contributed by atoms with Crippen molar-refractivity contribution in [3.8, 4) is 0 Å². The highest BCUT2D eigenvalue weighted by atomic mass is 79.9. The number of fused-ring (bicyclic) bond motifs is 5. The molecule has 0 aromatic heterocycles. The molecule has 0 amide bonds. The lowest BCUT2D eigenvalue weighted by Crippen LogP contribution is -2.29. The van der Waals surface area contributed by atoms with Crippen molar-refractivity contribution in [2.24, 2.45) is 5.92 Å². The smallest absolute Gasteiger partial charge is 0.0752 e. The number of allylic oxidation sites excluding steroid dienone is 1. The van der Waals surface area contributed by atoms with Gasteiger partial charge in [-0.3, -0.25) is 8.42 Å². The van der Waals surface area contributed by atoms with E-state index in [2.05, 4.69) is 31.9 Å². The zero-order valence-corrected chi connectivity index (χ0v) is 11.7. The summed E-state index contributed by atoms with van der Waals surface area (Å²) >= 11 is 6.87. The maximum absolute atomic E-state index is 11.9. The standard InChI is InChI=1S/C8H6Br2O2S2/c9-3-1-5-8-6(7(3)14(5)12)4(10)2-13(8)11/h1-2,5-8H/t5-,6-,7+,8+,13-,14?/m1/s1. The van der Waals surface area contributed by atoms with Crippen LogP contribution in [0.15, 0.2) is 20.4 Å². The summed E-state index contributed by atoms with van der Waals surface area (Å²) in [7, 11) is -1.85. The molecule has 0 aliphatic carbocycles. The molecule has 6 atom stereocenters. The van der Waals surface area contributed by atoms with Gasteiger partial charge in [0, 0.05) is 31.1 Å². The van der Waals surface area contributed by atoms with Crippen LogP contribution in [0.4, 0.5) is 0 Å². The molecule has 0 saturated carbocycles. The zero-order valence-electron chi connectivity index (χ0n) is 6.85. The molecule has 3 rings (SSSR count). The topological polar surface area (TPSA) is 34.1 Å². The van der Waals surface area contributed by atoms with E-state index in [1.54, 1.807) is 5.41 Å². The van der Waals surface area contributed by atoms with Gasteiger partial charge in [-0.05, 0) is 0 Å². The van der Waals surface area contributed by atoms with Gasteiger partial charge in [0.2, 0.25) is 0 Å². The van der Waals surface area contributed by atoms with Gasteiger partial charge in [-0.1, -0.05) is 37.9 Å². The lowest BCUT2D eigenvalue weighted by molar-refractivity contribution is 0.626. The van der Waals surface area contributed by atoms with Crippen molar-refractivity contribution >= 4 is 53.5 Å². The maximum atomic E-state index is 11.9. The van der Waals surface area contributed by atoms with Gasteiger partial charge < -0.3 is 0 Å². The molecule has 76 valence electrons. The van der Waals surface area contributed by atoms with Gasteiger partial charge in [-0.15, -0.1) is 0 Å². The van der Waals surface area contributed by atoms with Gasteiger partial charge in [0.15, 0.2) is 0 Å². The monoisotopic (exact) mass is 356 g/mol. The third-order valence-electron chi connectivity index (χ3n) is 2.93. The number of hydrogen-bond acceptors (Lipinski definition) is 2. The highest BCUT2D eigenvalue weighted by Gasteiger charge is 2.58. The minimum Gasteiger partial charge on any atom is -0.258 e. The van der Waals surface area contributed by atoms with Crippen molar-refractivity contribution in [1.29, 1.82) is 0 Å². The third-order valence-corrected chi connectivity index (χ3v) is 8.85. The summed E-state index contributed by atoms with van der Waals surface area (Å²) in [6.45, 7) is 0. The molecule has 3 aliphatic rings. The van der Waals surface area contributed by atoms with E-state index < -0.39 is 21.6 Å². The Labute approximate surface area is 103 Å². The predicted octanol–water partition coefficient (Wildman–Crippen LogP) is 1.76. The van der Waals surface area contributed by atoms with Crippen LogP contribution >= 0.6 is 31.9 Å². The summed E-state index contributed by atoms with van der Waals surface area (Å²) in [5.41, 5.74) is 0. The Morgan fingerprint density at radius 3 is 2.64 bits per heavy atom. The lowest BCUT2D eigenvalue weighted by Gasteiger charge is -2.19. The van der Waals surface area contributed by atoms with E-state index >= 15 is 0 Å². The van der Waals surface area contributed by atoms with E-state index in [0.717, 1.165) is 8.96 Å². The largest absolute Gasteiger partial charge is 0.258 e. The fraction of sp³-hybridized carbons (Fsp3) is 0.500. The van der Waals surface area contributed by atoms with Crippen molar-refractivity contribution in [3.05, 3.63) is 20.4 Å². The minimum absolute atomic E-state index is 0.0218. The SMILES string of the molecule is O=S1[C@@H]2C=C(Br)[C@H]1[C@H]1C(Br)=C[S@@](=O)[C@H]12. The van der Waals surface area contributed by atoms with Crippen LogP contribution in [0.2, 0.25) is 0 Å². The minimum atomic E-state index is -0.961. The molecule has 1 unspecified atom stereocenters. The first-order valence-electron chi connectivity index (χ1n) is 4.14. The van der Waals surface area contributed by atoms with Crippen LogP contribution < -0.4 is 0 Å². The van der Waals surface area contributed by atoms with Crippen molar-refractivity contribution in [3.63, 3.8) is 0 Å². The predicted molar refractivity (Wildman–Crippen MR) is 65.2 cm³/mol. The Morgan fingerprint density at radius 2 is 1.93 bits per heavy atom. The van der Waals surface area contributed by atoms with E-state index in [1.807, 2.05) is 6.08 Å². The summed E-state index contributed by atoms with van der Waals surface area (Å²) in [6, 6.07) is 0. The maximum Gasteiger partial charge on any atom is 0.0752 e. The molecule has 0 aromatic carbocycles. The Bertz CT molecular complexity index is 429. The molecule has 0 N–H and O–H groups in total. The van der Waals surface area contributed by atoms with Gasteiger partial charge in [-0.25, -0.2) is 0 Å². The highest BCUT2D eigenvalue weighted by Crippen LogP contribution is 2.53. The third kappa shape index (κ3) is 1.06. The number of hydrogen-bond donors (Lipinski definition) is 0. The fourth-order valence-corrected chi connectivity index (χ4v) is 9.30. The molecular weight excluding hydrogens is 352 g/mol. The Balaban J connectivity index is 2.15. The van der Waals surface area contributed by atoms with E-state index in [0.29, 0.717) is 0 Å².